The van der Waals surface area contributed by atoms with E-state index in [1.165, 1.54) is 0 Å². The van der Waals surface area contributed by atoms with Crippen molar-refractivity contribution in [3.05, 3.63) is 0 Å². The van der Waals surface area contributed by atoms with Gasteiger partial charge in [-0.15, -0.1) is 0 Å². The summed E-state index contributed by atoms with van der Waals surface area (Å²) in [5.41, 5.74) is -0.112. The Bertz CT molecular complexity index is 330. The summed E-state index contributed by atoms with van der Waals surface area (Å²) in [7, 11) is -2.82. The van der Waals surface area contributed by atoms with Gasteiger partial charge in [-0.25, -0.2) is 8.42 Å². The zero-order chi connectivity index (χ0) is 10.6. The monoisotopic (exact) mass is 219 g/mol. The zero-order valence-corrected chi connectivity index (χ0v) is 9.67. The van der Waals surface area contributed by atoms with E-state index in [4.69, 9.17) is 4.84 Å². The Kier molecular flexibility index (Phi) is 2.18. The number of hydrogen-bond acceptors (Lipinski definition) is 4. The summed E-state index contributed by atoms with van der Waals surface area (Å²) in [4.78, 5) is 5.55. The molecule has 0 amide bonds. The van der Waals surface area contributed by atoms with Crippen LogP contribution in [0.25, 0.3) is 0 Å². The van der Waals surface area contributed by atoms with Gasteiger partial charge in [0.05, 0.1) is 24.2 Å². The molecule has 2 aliphatic heterocycles. The molecular weight excluding hydrogens is 202 g/mol. The highest BCUT2D eigenvalue weighted by Crippen LogP contribution is 2.35. The van der Waals surface area contributed by atoms with Crippen LogP contribution < -0.4 is 0 Å². The maximum absolute atomic E-state index is 11.4. The van der Waals surface area contributed by atoms with Crippen LogP contribution in [-0.4, -0.2) is 43.2 Å². The van der Waals surface area contributed by atoms with Crippen molar-refractivity contribution < 1.29 is 13.3 Å². The Morgan fingerprint density at radius 2 is 1.93 bits per heavy atom. The number of hydrogen-bond donors (Lipinski definition) is 0. The lowest BCUT2D eigenvalue weighted by atomic mass is 10.0. The van der Waals surface area contributed by atoms with Crippen LogP contribution in [0.15, 0.2) is 0 Å². The number of fused-ring (bicyclic) bond motifs is 1. The van der Waals surface area contributed by atoms with Crippen LogP contribution in [0.2, 0.25) is 0 Å². The van der Waals surface area contributed by atoms with Crippen molar-refractivity contribution in [2.45, 2.75) is 32.4 Å². The molecule has 0 radical (unpaired) electrons. The number of hydroxylamine groups is 2. The molecule has 2 rings (SSSR count). The van der Waals surface area contributed by atoms with Crippen molar-refractivity contribution in [1.82, 2.24) is 5.06 Å². The van der Waals surface area contributed by atoms with E-state index < -0.39 is 9.84 Å². The topological polar surface area (TPSA) is 46.6 Å². The minimum atomic E-state index is -2.82. The van der Waals surface area contributed by atoms with E-state index in [0.717, 1.165) is 0 Å². The summed E-state index contributed by atoms with van der Waals surface area (Å²) < 4.78 is 22.9. The molecule has 2 aliphatic rings. The molecule has 0 saturated carbocycles. The molecule has 0 aliphatic carbocycles. The molecule has 2 saturated heterocycles. The molecule has 0 aromatic heterocycles. The van der Waals surface area contributed by atoms with E-state index in [1.807, 2.05) is 25.8 Å². The average Bonchev–Trinajstić information content (AvgIpc) is 2.38. The molecule has 0 aromatic rings. The summed E-state index contributed by atoms with van der Waals surface area (Å²) >= 11 is 0. The molecule has 4 nitrogen and oxygen atoms in total. The predicted octanol–water partition coefficient (Wildman–Crippen LogP) is 0.445. The fourth-order valence-corrected chi connectivity index (χ4v) is 4.32. The highest BCUT2D eigenvalue weighted by atomic mass is 32.2. The second-order valence-corrected chi connectivity index (χ2v) is 7.35. The largest absolute Gasteiger partial charge is 0.298 e. The maximum atomic E-state index is 11.4. The first-order chi connectivity index (χ1) is 6.30. The summed E-state index contributed by atoms with van der Waals surface area (Å²) in [5, 5.41) is 1.86. The van der Waals surface area contributed by atoms with Gasteiger partial charge in [0.25, 0.3) is 0 Å². The third-order valence-electron chi connectivity index (χ3n) is 2.83. The molecule has 0 N–H and O–H groups in total. The Morgan fingerprint density at radius 3 is 2.50 bits per heavy atom. The quantitative estimate of drug-likeness (QED) is 0.593. The predicted molar refractivity (Wildman–Crippen MR) is 53.5 cm³/mol. The minimum Gasteiger partial charge on any atom is -0.298 e. The smallest absolute Gasteiger partial charge is 0.152 e. The Morgan fingerprint density at radius 1 is 1.29 bits per heavy atom. The molecular formula is C9H17NO3S. The fourth-order valence-electron chi connectivity index (χ4n) is 2.28. The zero-order valence-electron chi connectivity index (χ0n) is 8.86. The van der Waals surface area contributed by atoms with Gasteiger partial charge in [-0.05, 0) is 20.8 Å². The van der Waals surface area contributed by atoms with Crippen LogP contribution in [0.4, 0.5) is 0 Å². The lowest BCUT2D eigenvalue weighted by Crippen LogP contribution is -2.45. The third-order valence-corrected chi connectivity index (χ3v) is 4.61. The van der Waals surface area contributed by atoms with Crippen molar-refractivity contribution in [1.29, 1.82) is 0 Å². The normalized spacial score (nSPS) is 37.4. The second-order valence-electron chi connectivity index (χ2n) is 5.20. The Labute approximate surface area is 85.1 Å². The molecule has 0 bridgehead atoms. The standard InChI is InChI=1S/C9H17NO3S/c1-9(2,3)10-8-6-14(11,12)5-7(8)4-13-10/h7-8H,4-6H2,1-3H3. The number of rotatable bonds is 0. The van der Waals surface area contributed by atoms with Crippen LogP contribution in [-0.2, 0) is 14.7 Å². The van der Waals surface area contributed by atoms with Crippen molar-refractivity contribution >= 4 is 9.84 Å². The summed E-state index contributed by atoms with van der Waals surface area (Å²) in [6.45, 7) is 6.68. The highest BCUT2D eigenvalue weighted by molar-refractivity contribution is 7.91. The lowest BCUT2D eigenvalue weighted by molar-refractivity contribution is -0.184. The number of nitrogens with zero attached hydrogens (tertiary/aromatic N) is 1. The fraction of sp³-hybridized carbons (Fsp3) is 1.00. The molecule has 5 heteroatoms. The molecule has 82 valence electrons. The van der Waals surface area contributed by atoms with Gasteiger partial charge < -0.3 is 0 Å². The van der Waals surface area contributed by atoms with E-state index in [9.17, 15) is 8.42 Å². The molecule has 2 unspecified atom stereocenters. The van der Waals surface area contributed by atoms with Crippen molar-refractivity contribution in [2.24, 2.45) is 5.92 Å². The van der Waals surface area contributed by atoms with Gasteiger partial charge in [-0.3, -0.25) is 4.84 Å². The van der Waals surface area contributed by atoms with Gasteiger partial charge in [0.1, 0.15) is 0 Å². The lowest BCUT2D eigenvalue weighted by Gasteiger charge is -2.33. The van der Waals surface area contributed by atoms with E-state index >= 15 is 0 Å². The average molecular weight is 219 g/mol. The molecule has 2 fully saturated rings. The minimum absolute atomic E-state index is 0.0694. The molecule has 0 aromatic carbocycles. The molecule has 2 heterocycles. The summed E-state index contributed by atoms with van der Waals surface area (Å²) in [6.07, 6.45) is 0. The van der Waals surface area contributed by atoms with Crippen LogP contribution in [0.3, 0.4) is 0 Å². The second kappa shape index (κ2) is 2.93. The van der Waals surface area contributed by atoms with Crippen LogP contribution in [0, 0.1) is 5.92 Å². The van der Waals surface area contributed by atoms with Gasteiger partial charge in [-0.1, -0.05) is 0 Å². The third kappa shape index (κ3) is 1.68. The SMILES string of the molecule is CC(C)(C)N1OCC2CS(=O)(=O)CC21. The van der Waals surface area contributed by atoms with Crippen molar-refractivity contribution in [2.75, 3.05) is 18.1 Å². The maximum Gasteiger partial charge on any atom is 0.152 e. The highest BCUT2D eigenvalue weighted by Gasteiger charge is 2.49. The summed E-state index contributed by atoms with van der Waals surface area (Å²) in [5.74, 6) is 0.735. The van der Waals surface area contributed by atoms with E-state index in [0.29, 0.717) is 12.4 Å². The van der Waals surface area contributed by atoms with Gasteiger partial charge in [-0.2, -0.15) is 5.06 Å². The first kappa shape index (κ1) is 10.4. The molecule has 2 atom stereocenters. The summed E-state index contributed by atoms with van der Waals surface area (Å²) in [6, 6.07) is 0.0694. The van der Waals surface area contributed by atoms with E-state index in [-0.39, 0.29) is 23.3 Å². The Balaban J connectivity index is 2.21. The van der Waals surface area contributed by atoms with Crippen molar-refractivity contribution in [3.8, 4) is 0 Å². The van der Waals surface area contributed by atoms with E-state index in [1.54, 1.807) is 0 Å². The first-order valence-electron chi connectivity index (χ1n) is 4.92. The van der Waals surface area contributed by atoms with Gasteiger partial charge in [0, 0.05) is 11.5 Å². The molecule has 0 spiro atoms. The Hall–Kier alpha value is -0.130. The number of sulfone groups is 1. The van der Waals surface area contributed by atoms with Gasteiger partial charge >= 0.3 is 0 Å². The van der Waals surface area contributed by atoms with Crippen LogP contribution in [0.1, 0.15) is 20.8 Å². The van der Waals surface area contributed by atoms with Gasteiger partial charge in [0.2, 0.25) is 0 Å². The van der Waals surface area contributed by atoms with E-state index in [2.05, 4.69) is 0 Å². The molecule has 14 heavy (non-hydrogen) atoms. The van der Waals surface area contributed by atoms with Gasteiger partial charge in [0.15, 0.2) is 9.84 Å². The van der Waals surface area contributed by atoms with Crippen molar-refractivity contribution in [3.63, 3.8) is 0 Å². The van der Waals surface area contributed by atoms with Crippen LogP contribution >= 0.6 is 0 Å². The first-order valence-corrected chi connectivity index (χ1v) is 6.74. The van der Waals surface area contributed by atoms with Crippen LogP contribution in [0.5, 0.6) is 0 Å².